The first-order valence-corrected chi connectivity index (χ1v) is 11.6. The number of hydrogen-bond donors (Lipinski definition) is 2. The molecule has 0 saturated heterocycles. The maximum atomic E-state index is 13.9. The van der Waals surface area contributed by atoms with Crippen LogP contribution in [0.5, 0.6) is 0 Å². The number of aryl methyl sites for hydroxylation is 1. The summed E-state index contributed by atoms with van der Waals surface area (Å²) in [5.74, 6) is -3.26. The van der Waals surface area contributed by atoms with E-state index in [-0.39, 0.29) is 29.4 Å². The molecule has 206 valence electrons. The van der Waals surface area contributed by atoms with E-state index in [9.17, 15) is 45.4 Å². The van der Waals surface area contributed by atoms with Crippen LogP contribution in [0.25, 0.3) is 0 Å². The maximum absolute atomic E-state index is 13.9. The van der Waals surface area contributed by atoms with E-state index in [1.54, 1.807) is 6.07 Å². The van der Waals surface area contributed by atoms with Crippen molar-refractivity contribution in [2.24, 2.45) is 5.73 Å². The number of halogens is 7. The van der Waals surface area contributed by atoms with Gasteiger partial charge in [0, 0.05) is 13.0 Å². The summed E-state index contributed by atoms with van der Waals surface area (Å²) in [5.41, 5.74) is 0.287. The predicted octanol–water partition coefficient (Wildman–Crippen LogP) is 5.94. The number of benzene rings is 3. The number of hydrogen-bond acceptors (Lipinski definition) is 3. The van der Waals surface area contributed by atoms with Gasteiger partial charge in [-0.05, 0) is 65.9 Å². The summed E-state index contributed by atoms with van der Waals surface area (Å²) in [6.45, 7) is -0.0112. The summed E-state index contributed by atoms with van der Waals surface area (Å²) in [5, 5.41) is 9.87. The lowest BCUT2D eigenvalue weighted by Crippen LogP contribution is -2.58. The molecule has 0 fully saturated rings. The number of fused-ring (bicyclic) bond motifs is 1. The second kappa shape index (κ2) is 9.90. The van der Waals surface area contributed by atoms with Gasteiger partial charge >= 0.3 is 18.3 Å². The van der Waals surface area contributed by atoms with Crippen LogP contribution in [-0.2, 0) is 35.5 Å². The van der Waals surface area contributed by atoms with Gasteiger partial charge in [-0.3, -0.25) is 4.79 Å². The molecule has 1 amide bonds. The van der Waals surface area contributed by atoms with Gasteiger partial charge in [-0.2, -0.15) is 26.3 Å². The monoisotopic (exact) mass is 554 g/mol. The van der Waals surface area contributed by atoms with Crippen molar-refractivity contribution in [2.75, 3.05) is 11.4 Å². The zero-order chi connectivity index (χ0) is 28.8. The fourth-order valence-electron chi connectivity index (χ4n) is 5.06. The van der Waals surface area contributed by atoms with Crippen LogP contribution in [-0.4, -0.2) is 23.5 Å². The third-order valence-electron chi connectivity index (χ3n) is 6.75. The van der Waals surface area contributed by atoms with E-state index in [0.717, 1.165) is 24.3 Å². The Morgan fingerprint density at radius 1 is 0.872 bits per heavy atom. The van der Waals surface area contributed by atoms with E-state index >= 15 is 0 Å². The van der Waals surface area contributed by atoms with Crippen LogP contribution in [0.4, 0.5) is 36.4 Å². The molecular formula is C27H21F7N2O3. The number of carboxylic acids is 1. The van der Waals surface area contributed by atoms with Crippen molar-refractivity contribution in [1.82, 2.24) is 0 Å². The van der Waals surface area contributed by atoms with Crippen molar-refractivity contribution in [3.63, 3.8) is 0 Å². The van der Waals surface area contributed by atoms with Gasteiger partial charge in [0.05, 0.1) is 22.4 Å². The summed E-state index contributed by atoms with van der Waals surface area (Å²) < 4.78 is 95.5. The van der Waals surface area contributed by atoms with Gasteiger partial charge in [0.2, 0.25) is 5.91 Å². The van der Waals surface area contributed by atoms with Crippen LogP contribution < -0.4 is 10.6 Å². The van der Waals surface area contributed by atoms with Crippen LogP contribution >= 0.6 is 0 Å². The first-order chi connectivity index (χ1) is 18.1. The second-order valence-corrected chi connectivity index (χ2v) is 9.20. The zero-order valence-electron chi connectivity index (χ0n) is 20.0. The first kappa shape index (κ1) is 27.9. The fourth-order valence-corrected chi connectivity index (χ4v) is 5.06. The Morgan fingerprint density at radius 2 is 1.46 bits per heavy atom. The number of nitrogens with two attached hydrogens (primary N) is 1. The number of carbonyl (C=O) groups is 2. The van der Waals surface area contributed by atoms with Crippen molar-refractivity contribution in [1.29, 1.82) is 0 Å². The van der Waals surface area contributed by atoms with E-state index in [4.69, 9.17) is 5.73 Å². The molecule has 3 aromatic rings. The van der Waals surface area contributed by atoms with Crippen molar-refractivity contribution < 1.29 is 45.4 Å². The second-order valence-electron chi connectivity index (χ2n) is 9.20. The molecule has 12 heteroatoms. The number of nitrogens with zero attached hydrogens (tertiary/aromatic N) is 1. The van der Waals surface area contributed by atoms with Gasteiger partial charge in [-0.1, -0.05) is 24.3 Å². The minimum absolute atomic E-state index is 0.0112. The number of anilines is 1. The fraction of sp³-hybridized carbons (Fsp3) is 0.259. The summed E-state index contributed by atoms with van der Waals surface area (Å²) in [6, 6.07) is 9.53. The van der Waals surface area contributed by atoms with E-state index in [2.05, 4.69) is 0 Å². The highest BCUT2D eigenvalue weighted by atomic mass is 19.4. The Balaban J connectivity index is 2.04. The van der Waals surface area contributed by atoms with Crippen LogP contribution in [0.1, 0.15) is 44.6 Å². The van der Waals surface area contributed by atoms with Gasteiger partial charge in [-0.15, -0.1) is 0 Å². The molecule has 0 aromatic heterocycles. The molecule has 1 unspecified atom stereocenters. The van der Waals surface area contributed by atoms with Gasteiger partial charge in [0.1, 0.15) is 11.4 Å². The molecule has 0 spiro atoms. The third kappa shape index (κ3) is 5.27. The molecule has 0 bridgehead atoms. The molecule has 1 aliphatic heterocycles. The van der Waals surface area contributed by atoms with E-state index in [0.29, 0.717) is 30.5 Å². The summed E-state index contributed by atoms with van der Waals surface area (Å²) in [4.78, 5) is 26.8. The highest BCUT2D eigenvalue weighted by Crippen LogP contribution is 2.44. The first-order valence-electron chi connectivity index (χ1n) is 11.6. The smallest absolute Gasteiger partial charge is 0.416 e. The Morgan fingerprint density at radius 3 is 1.97 bits per heavy atom. The van der Waals surface area contributed by atoms with Crippen molar-refractivity contribution in [3.8, 4) is 0 Å². The highest BCUT2D eigenvalue weighted by Gasteiger charge is 2.48. The number of alkyl halides is 6. The number of rotatable bonds is 6. The maximum Gasteiger partial charge on any atom is 0.416 e. The zero-order valence-corrected chi connectivity index (χ0v) is 20.0. The number of amides is 1. The lowest BCUT2D eigenvalue weighted by atomic mass is 9.78. The van der Waals surface area contributed by atoms with Gasteiger partial charge < -0.3 is 15.7 Å². The Hall–Kier alpha value is -4.09. The van der Waals surface area contributed by atoms with E-state index in [1.165, 1.54) is 17.0 Å². The Kier molecular flexibility index (Phi) is 7.09. The van der Waals surface area contributed by atoms with Crippen LogP contribution in [0.15, 0.2) is 60.7 Å². The minimum atomic E-state index is -5.14. The molecule has 5 nitrogen and oxygen atoms in total. The number of para-hydroxylation sites is 1. The Bertz CT molecular complexity index is 1390. The van der Waals surface area contributed by atoms with Gasteiger partial charge in [0.15, 0.2) is 0 Å². The summed E-state index contributed by atoms with van der Waals surface area (Å²) in [7, 11) is 0. The molecular weight excluding hydrogens is 533 g/mol. The molecule has 3 N–H and O–H groups in total. The van der Waals surface area contributed by atoms with Crippen LogP contribution in [0, 0.1) is 5.82 Å². The average Bonchev–Trinajstić information content (AvgIpc) is 2.85. The molecule has 4 rings (SSSR count). The molecule has 1 heterocycles. The quantitative estimate of drug-likeness (QED) is 0.370. The van der Waals surface area contributed by atoms with Crippen molar-refractivity contribution in [3.05, 3.63) is 99.9 Å². The van der Waals surface area contributed by atoms with E-state index in [1.807, 2.05) is 0 Å². The molecule has 0 saturated carbocycles. The predicted molar refractivity (Wildman–Crippen MR) is 126 cm³/mol. The lowest BCUT2D eigenvalue weighted by Gasteiger charge is -2.47. The highest BCUT2D eigenvalue weighted by molar-refractivity contribution is 5.99. The molecule has 39 heavy (non-hydrogen) atoms. The lowest BCUT2D eigenvalue weighted by molar-refractivity contribution is -0.143. The van der Waals surface area contributed by atoms with Crippen molar-refractivity contribution in [2.45, 2.75) is 37.2 Å². The number of carbonyl (C=O) groups excluding carboxylic acids is 1. The standard InChI is InChI=1S/C27H21F7N2O3/c28-20-8-6-17(7-9-20)25(24(35)39,36-10-2-4-16-3-1-5-21(22(16)36)23(37)38)14-15-11-18(26(29,30)31)13-19(12-15)27(32,33)34/h1,3,5-9,11-13H,2,4,10,14H2,(H2,35,39)(H,37,38). The normalized spacial score (nSPS) is 15.4. The van der Waals surface area contributed by atoms with E-state index < -0.39 is 58.7 Å². The molecule has 3 aromatic carbocycles. The number of aromatic carboxylic acids is 1. The minimum Gasteiger partial charge on any atom is -0.478 e. The summed E-state index contributed by atoms with van der Waals surface area (Å²) >= 11 is 0. The number of primary amides is 1. The SMILES string of the molecule is NC(=O)C(Cc1cc(C(F)(F)F)cc(C(F)(F)F)c1)(c1ccc(F)cc1)N1CCCc2cccc(C(=O)O)c21. The van der Waals surface area contributed by atoms with Crippen LogP contribution in [0.3, 0.4) is 0 Å². The molecule has 0 aliphatic carbocycles. The third-order valence-corrected chi connectivity index (χ3v) is 6.75. The average molecular weight is 554 g/mol. The van der Waals surface area contributed by atoms with Crippen LogP contribution in [0.2, 0.25) is 0 Å². The largest absolute Gasteiger partial charge is 0.478 e. The van der Waals surface area contributed by atoms with Crippen molar-refractivity contribution >= 4 is 17.6 Å². The number of carboxylic acid groups (broad SMARTS) is 1. The molecule has 1 aliphatic rings. The van der Waals surface area contributed by atoms with Gasteiger partial charge in [0.25, 0.3) is 0 Å². The van der Waals surface area contributed by atoms with Gasteiger partial charge in [-0.25, -0.2) is 9.18 Å². The Labute approximate surface area is 217 Å². The molecule has 1 atom stereocenters. The summed E-state index contributed by atoms with van der Waals surface area (Å²) in [6.07, 6.45) is -10.3. The topological polar surface area (TPSA) is 83.6 Å². The molecule has 0 radical (unpaired) electrons.